The quantitative estimate of drug-likeness (QED) is 0.693. The zero-order valence-corrected chi connectivity index (χ0v) is 14.7. The summed E-state index contributed by atoms with van der Waals surface area (Å²) >= 11 is 2.02. The Kier molecular flexibility index (Phi) is 7.12. The van der Waals surface area contributed by atoms with E-state index in [4.69, 9.17) is 0 Å². The lowest BCUT2D eigenvalue weighted by Crippen LogP contribution is -2.35. The number of hydrogen-bond donors (Lipinski definition) is 1. The molecular weight excluding hydrogens is 274 g/mol. The standard InChI is InChI=1S/C19H31NS/c1-15(2)20-14-18-10-9-16(3)13-17(18)11-12-21-19-7-5-4-6-8-19/h4-8,15-18,20H,9-14H2,1-3H3. The third-order valence-corrected chi connectivity index (χ3v) is 5.74. The molecule has 1 nitrogen and oxygen atoms in total. The molecule has 0 aromatic heterocycles. The highest BCUT2D eigenvalue weighted by Gasteiger charge is 2.28. The SMILES string of the molecule is CC1CCC(CNC(C)C)C(CCSc2ccccc2)C1. The highest BCUT2D eigenvalue weighted by Crippen LogP contribution is 2.36. The molecule has 0 spiro atoms. The smallest absolute Gasteiger partial charge is 0.00719 e. The molecule has 3 atom stereocenters. The first-order valence-electron chi connectivity index (χ1n) is 8.56. The largest absolute Gasteiger partial charge is 0.314 e. The molecule has 2 heteroatoms. The molecule has 1 fully saturated rings. The fraction of sp³-hybridized carbons (Fsp3) is 0.684. The van der Waals surface area contributed by atoms with Gasteiger partial charge in [0.05, 0.1) is 0 Å². The second-order valence-corrected chi connectivity index (χ2v) is 8.12. The summed E-state index contributed by atoms with van der Waals surface area (Å²) in [6.45, 7) is 8.16. The summed E-state index contributed by atoms with van der Waals surface area (Å²) in [7, 11) is 0. The van der Waals surface area contributed by atoms with E-state index in [9.17, 15) is 0 Å². The van der Waals surface area contributed by atoms with Crippen LogP contribution in [0.2, 0.25) is 0 Å². The van der Waals surface area contributed by atoms with Gasteiger partial charge in [-0.25, -0.2) is 0 Å². The minimum absolute atomic E-state index is 0.615. The van der Waals surface area contributed by atoms with Gasteiger partial charge in [-0.05, 0) is 61.4 Å². The van der Waals surface area contributed by atoms with E-state index in [1.54, 1.807) is 0 Å². The van der Waals surface area contributed by atoms with Crippen LogP contribution in [0, 0.1) is 17.8 Å². The van der Waals surface area contributed by atoms with E-state index in [0.29, 0.717) is 6.04 Å². The van der Waals surface area contributed by atoms with Crippen molar-refractivity contribution in [1.82, 2.24) is 5.32 Å². The van der Waals surface area contributed by atoms with Crippen LogP contribution in [-0.2, 0) is 0 Å². The van der Waals surface area contributed by atoms with Crippen molar-refractivity contribution in [2.24, 2.45) is 17.8 Å². The van der Waals surface area contributed by atoms with Gasteiger partial charge < -0.3 is 5.32 Å². The molecule has 0 radical (unpaired) electrons. The van der Waals surface area contributed by atoms with Crippen LogP contribution in [-0.4, -0.2) is 18.3 Å². The first-order chi connectivity index (χ1) is 10.1. The molecule has 2 rings (SSSR count). The summed E-state index contributed by atoms with van der Waals surface area (Å²) in [5, 5.41) is 3.66. The number of thioether (sulfide) groups is 1. The van der Waals surface area contributed by atoms with E-state index in [2.05, 4.69) is 56.4 Å². The maximum absolute atomic E-state index is 3.66. The first-order valence-corrected chi connectivity index (χ1v) is 9.55. The summed E-state index contributed by atoms with van der Waals surface area (Å²) in [6.07, 6.45) is 5.64. The second-order valence-electron chi connectivity index (χ2n) is 6.95. The molecule has 0 saturated heterocycles. The summed E-state index contributed by atoms with van der Waals surface area (Å²) in [5.41, 5.74) is 0. The zero-order valence-electron chi connectivity index (χ0n) is 13.8. The Bertz CT molecular complexity index is 390. The van der Waals surface area contributed by atoms with Crippen LogP contribution in [0.1, 0.15) is 46.5 Å². The average molecular weight is 306 g/mol. The Morgan fingerprint density at radius 3 is 2.62 bits per heavy atom. The van der Waals surface area contributed by atoms with Crippen LogP contribution >= 0.6 is 11.8 Å². The Balaban J connectivity index is 1.79. The summed E-state index contributed by atoms with van der Waals surface area (Å²) < 4.78 is 0. The van der Waals surface area contributed by atoms with Gasteiger partial charge in [0.2, 0.25) is 0 Å². The van der Waals surface area contributed by atoms with Crippen molar-refractivity contribution in [3.05, 3.63) is 30.3 Å². The van der Waals surface area contributed by atoms with Gasteiger partial charge in [0.25, 0.3) is 0 Å². The van der Waals surface area contributed by atoms with Gasteiger partial charge >= 0.3 is 0 Å². The molecule has 1 aromatic rings. The van der Waals surface area contributed by atoms with Gasteiger partial charge in [-0.15, -0.1) is 11.8 Å². The Morgan fingerprint density at radius 1 is 1.14 bits per heavy atom. The molecule has 0 heterocycles. The molecule has 21 heavy (non-hydrogen) atoms. The van der Waals surface area contributed by atoms with Crippen molar-refractivity contribution < 1.29 is 0 Å². The Labute approximate surface area is 135 Å². The predicted octanol–water partition coefficient (Wildman–Crippen LogP) is 5.22. The third kappa shape index (κ3) is 6.04. The lowest BCUT2D eigenvalue weighted by atomic mass is 9.73. The molecular formula is C19H31NS. The van der Waals surface area contributed by atoms with Crippen LogP contribution < -0.4 is 5.32 Å². The van der Waals surface area contributed by atoms with Gasteiger partial charge in [0.15, 0.2) is 0 Å². The molecule has 3 unspecified atom stereocenters. The highest BCUT2D eigenvalue weighted by molar-refractivity contribution is 7.99. The fourth-order valence-electron chi connectivity index (χ4n) is 3.42. The summed E-state index contributed by atoms with van der Waals surface area (Å²) in [4.78, 5) is 1.42. The van der Waals surface area contributed by atoms with Crippen molar-refractivity contribution in [2.45, 2.75) is 57.4 Å². The molecule has 1 saturated carbocycles. The average Bonchev–Trinajstić information content (AvgIpc) is 2.47. The molecule has 1 aromatic carbocycles. The minimum Gasteiger partial charge on any atom is -0.314 e. The molecule has 0 bridgehead atoms. The summed E-state index contributed by atoms with van der Waals surface area (Å²) in [6, 6.07) is 11.4. The second kappa shape index (κ2) is 8.85. The third-order valence-electron chi connectivity index (χ3n) is 4.69. The predicted molar refractivity (Wildman–Crippen MR) is 94.9 cm³/mol. The van der Waals surface area contributed by atoms with Gasteiger partial charge in [0.1, 0.15) is 0 Å². The Morgan fingerprint density at radius 2 is 1.90 bits per heavy atom. The molecule has 1 aliphatic rings. The van der Waals surface area contributed by atoms with Crippen LogP contribution in [0.3, 0.4) is 0 Å². The van der Waals surface area contributed by atoms with E-state index < -0.39 is 0 Å². The van der Waals surface area contributed by atoms with Gasteiger partial charge in [-0.3, -0.25) is 0 Å². The fourth-order valence-corrected chi connectivity index (χ4v) is 4.42. The van der Waals surface area contributed by atoms with Crippen LogP contribution in [0.15, 0.2) is 35.2 Å². The minimum atomic E-state index is 0.615. The number of rotatable bonds is 7. The van der Waals surface area contributed by atoms with Crippen molar-refractivity contribution >= 4 is 11.8 Å². The van der Waals surface area contributed by atoms with E-state index in [1.165, 1.54) is 42.9 Å². The maximum Gasteiger partial charge on any atom is 0.00719 e. The van der Waals surface area contributed by atoms with Crippen molar-refractivity contribution in [2.75, 3.05) is 12.3 Å². The molecule has 0 amide bonds. The van der Waals surface area contributed by atoms with Crippen molar-refractivity contribution in [3.8, 4) is 0 Å². The number of nitrogens with one attached hydrogen (secondary N) is 1. The first kappa shape index (κ1) is 16.9. The van der Waals surface area contributed by atoms with E-state index in [1.807, 2.05) is 11.8 Å². The Hall–Kier alpha value is -0.470. The maximum atomic E-state index is 3.66. The molecule has 1 N–H and O–H groups in total. The molecule has 118 valence electrons. The van der Waals surface area contributed by atoms with Gasteiger partial charge in [0, 0.05) is 10.9 Å². The van der Waals surface area contributed by atoms with E-state index >= 15 is 0 Å². The molecule has 1 aliphatic carbocycles. The van der Waals surface area contributed by atoms with Crippen LogP contribution in [0.5, 0.6) is 0 Å². The topological polar surface area (TPSA) is 12.0 Å². The number of hydrogen-bond acceptors (Lipinski definition) is 2. The van der Waals surface area contributed by atoms with Crippen molar-refractivity contribution in [3.63, 3.8) is 0 Å². The van der Waals surface area contributed by atoms with E-state index in [-0.39, 0.29) is 0 Å². The lowest BCUT2D eigenvalue weighted by Gasteiger charge is -2.35. The van der Waals surface area contributed by atoms with E-state index in [0.717, 1.165) is 17.8 Å². The lowest BCUT2D eigenvalue weighted by molar-refractivity contribution is 0.178. The van der Waals surface area contributed by atoms with Gasteiger partial charge in [-0.2, -0.15) is 0 Å². The number of benzene rings is 1. The van der Waals surface area contributed by atoms with Crippen molar-refractivity contribution in [1.29, 1.82) is 0 Å². The normalized spacial score (nSPS) is 26.2. The summed E-state index contributed by atoms with van der Waals surface area (Å²) in [5.74, 6) is 3.99. The van der Waals surface area contributed by atoms with Gasteiger partial charge in [-0.1, -0.05) is 45.4 Å². The van der Waals surface area contributed by atoms with Crippen LogP contribution in [0.25, 0.3) is 0 Å². The zero-order chi connectivity index (χ0) is 15.1. The molecule has 0 aliphatic heterocycles. The monoisotopic (exact) mass is 305 g/mol. The highest BCUT2D eigenvalue weighted by atomic mass is 32.2. The van der Waals surface area contributed by atoms with Crippen LogP contribution in [0.4, 0.5) is 0 Å².